The van der Waals surface area contributed by atoms with Crippen LogP contribution in [0.2, 0.25) is 0 Å². The Balaban J connectivity index is 1.91. The number of carbonyl (C=O) groups is 3. The van der Waals surface area contributed by atoms with E-state index in [1.54, 1.807) is 20.8 Å². The topological polar surface area (TPSA) is 97.4 Å². The summed E-state index contributed by atoms with van der Waals surface area (Å²) in [6.07, 6.45) is -4.98. The third-order valence-corrected chi connectivity index (χ3v) is 5.74. The number of alkyl carbamates (subject to hydrolysis) is 1. The Hall–Kier alpha value is -2.69. The van der Waals surface area contributed by atoms with Crippen molar-refractivity contribution < 1.29 is 32.3 Å². The molecule has 3 rings (SSSR count). The summed E-state index contributed by atoms with van der Waals surface area (Å²) in [7, 11) is 0. The number of ether oxygens (including phenoxy) is 1. The van der Waals surface area contributed by atoms with Crippen molar-refractivity contribution in [2.24, 2.45) is 5.92 Å². The van der Waals surface area contributed by atoms with Crippen molar-refractivity contribution in [1.82, 2.24) is 15.6 Å². The van der Waals surface area contributed by atoms with E-state index in [2.05, 4.69) is 15.6 Å². The zero-order chi connectivity index (χ0) is 23.0. The number of nitrogens with zero attached hydrogens (tertiary/aromatic N) is 1. The molecular weight excluding hydrogens is 435 g/mol. The molecule has 0 saturated carbocycles. The summed E-state index contributed by atoms with van der Waals surface area (Å²) >= 11 is 0.613. The van der Waals surface area contributed by atoms with Crippen LogP contribution in [0.5, 0.6) is 0 Å². The molecular formula is C20H22F3N3O4S. The Morgan fingerprint density at radius 3 is 2.61 bits per heavy atom. The molecule has 1 aliphatic heterocycles. The van der Waals surface area contributed by atoms with Crippen LogP contribution >= 0.6 is 11.3 Å². The highest BCUT2D eigenvalue weighted by Crippen LogP contribution is 2.37. The van der Waals surface area contributed by atoms with Crippen molar-refractivity contribution in [2.75, 3.05) is 6.54 Å². The minimum Gasteiger partial charge on any atom is -0.444 e. The molecule has 2 atom stereocenters. The lowest BCUT2D eigenvalue weighted by Gasteiger charge is -2.23. The van der Waals surface area contributed by atoms with E-state index in [-0.39, 0.29) is 27.6 Å². The average Bonchev–Trinajstić information content (AvgIpc) is 3.24. The highest BCUT2D eigenvalue weighted by atomic mass is 32.1. The van der Waals surface area contributed by atoms with Gasteiger partial charge in [0.2, 0.25) is 11.7 Å². The molecule has 0 spiro atoms. The van der Waals surface area contributed by atoms with Gasteiger partial charge in [-0.3, -0.25) is 9.59 Å². The van der Waals surface area contributed by atoms with Crippen LogP contribution in [0.1, 0.15) is 49.0 Å². The van der Waals surface area contributed by atoms with Crippen LogP contribution in [0.4, 0.5) is 18.0 Å². The van der Waals surface area contributed by atoms with E-state index in [0.29, 0.717) is 24.3 Å². The van der Waals surface area contributed by atoms with Gasteiger partial charge in [-0.2, -0.15) is 13.2 Å². The van der Waals surface area contributed by atoms with E-state index in [1.807, 2.05) is 0 Å². The van der Waals surface area contributed by atoms with Gasteiger partial charge in [0, 0.05) is 12.5 Å². The van der Waals surface area contributed by atoms with E-state index in [0.717, 1.165) is 6.07 Å². The maximum atomic E-state index is 13.3. The minimum absolute atomic E-state index is 0.00797. The fourth-order valence-electron chi connectivity index (χ4n) is 3.26. The number of aromatic nitrogens is 1. The Bertz CT molecular complexity index is 1010. The first-order valence-corrected chi connectivity index (χ1v) is 10.4. The third kappa shape index (κ3) is 5.52. The SMILES string of the molecule is CC(C)(C)OC(=O)N[C@@H](C[C@@H]1CCNC1=O)C(=O)c1nc2cccc(C(F)(F)F)c2s1. The lowest BCUT2D eigenvalue weighted by Crippen LogP contribution is -2.45. The molecule has 2 amide bonds. The number of nitrogens with one attached hydrogen (secondary N) is 2. The van der Waals surface area contributed by atoms with Gasteiger partial charge in [0.05, 0.1) is 21.8 Å². The average molecular weight is 457 g/mol. The number of thiazole rings is 1. The molecule has 1 aromatic heterocycles. The Labute approximate surface area is 180 Å². The van der Waals surface area contributed by atoms with Crippen LogP contribution in [0.3, 0.4) is 0 Å². The van der Waals surface area contributed by atoms with Crippen LogP contribution in [-0.2, 0) is 15.7 Å². The number of carbonyl (C=O) groups excluding carboxylic acids is 3. The number of alkyl halides is 3. The van der Waals surface area contributed by atoms with Crippen LogP contribution in [0, 0.1) is 5.92 Å². The molecule has 2 heterocycles. The van der Waals surface area contributed by atoms with Crippen LogP contribution in [-0.4, -0.2) is 41.0 Å². The Morgan fingerprint density at radius 1 is 1.32 bits per heavy atom. The molecule has 0 radical (unpaired) electrons. The summed E-state index contributed by atoms with van der Waals surface area (Å²) in [5, 5.41) is 4.95. The van der Waals surface area contributed by atoms with Crippen molar-refractivity contribution in [2.45, 2.75) is 51.4 Å². The first kappa shape index (κ1) is 23.0. The van der Waals surface area contributed by atoms with E-state index in [1.165, 1.54) is 12.1 Å². The van der Waals surface area contributed by atoms with Gasteiger partial charge in [-0.15, -0.1) is 11.3 Å². The fourth-order valence-corrected chi connectivity index (χ4v) is 4.35. The number of halogens is 3. The number of Topliss-reactive ketones (excluding diaryl/α,β-unsaturated/α-hetero) is 1. The van der Waals surface area contributed by atoms with Gasteiger partial charge in [0.25, 0.3) is 0 Å². The number of hydrogen-bond donors (Lipinski definition) is 2. The fraction of sp³-hybridized carbons (Fsp3) is 0.500. The van der Waals surface area contributed by atoms with Crippen molar-refractivity contribution in [3.63, 3.8) is 0 Å². The van der Waals surface area contributed by atoms with Crippen LogP contribution in [0.25, 0.3) is 10.2 Å². The van der Waals surface area contributed by atoms with Crippen molar-refractivity contribution >= 4 is 39.3 Å². The van der Waals surface area contributed by atoms with Gasteiger partial charge in [0.1, 0.15) is 5.60 Å². The Kier molecular flexibility index (Phi) is 6.26. The van der Waals surface area contributed by atoms with E-state index >= 15 is 0 Å². The smallest absolute Gasteiger partial charge is 0.417 e. The number of amides is 2. The maximum Gasteiger partial charge on any atom is 0.417 e. The quantitative estimate of drug-likeness (QED) is 0.664. The molecule has 31 heavy (non-hydrogen) atoms. The van der Waals surface area contributed by atoms with Crippen molar-refractivity contribution in [1.29, 1.82) is 0 Å². The zero-order valence-electron chi connectivity index (χ0n) is 17.1. The van der Waals surface area contributed by atoms with Gasteiger partial charge in [-0.25, -0.2) is 9.78 Å². The van der Waals surface area contributed by atoms with Gasteiger partial charge in [-0.05, 0) is 45.7 Å². The second-order valence-electron chi connectivity index (χ2n) is 8.25. The van der Waals surface area contributed by atoms with Gasteiger partial charge < -0.3 is 15.4 Å². The molecule has 11 heteroatoms. The highest BCUT2D eigenvalue weighted by Gasteiger charge is 2.36. The number of rotatable bonds is 5. The summed E-state index contributed by atoms with van der Waals surface area (Å²) in [5.74, 6) is -1.42. The van der Waals surface area contributed by atoms with Crippen molar-refractivity contribution in [3.8, 4) is 0 Å². The summed E-state index contributed by atoms with van der Waals surface area (Å²) in [6.45, 7) is 5.41. The molecule has 0 unspecified atom stereocenters. The largest absolute Gasteiger partial charge is 0.444 e. The summed E-state index contributed by atoms with van der Waals surface area (Å²) in [4.78, 5) is 41.4. The molecule has 1 fully saturated rings. The molecule has 0 aliphatic carbocycles. The molecule has 1 aliphatic rings. The monoisotopic (exact) mass is 457 g/mol. The predicted molar refractivity (Wildman–Crippen MR) is 108 cm³/mol. The third-order valence-electron chi connectivity index (χ3n) is 4.62. The van der Waals surface area contributed by atoms with E-state index < -0.39 is 41.2 Å². The number of fused-ring (bicyclic) bond motifs is 1. The zero-order valence-corrected chi connectivity index (χ0v) is 17.9. The number of benzene rings is 1. The molecule has 2 aromatic rings. The lowest BCUT2D eigenvalue weighted by atomic mass is 9.96. The van der Waals surface area contributed by atoms with Gasteiger partial charge in [-0.1, -0.05) is 6.07 Å². The lowest BCUT2D eigenvalue weighted by molar-refractivity contribution is -0.136. The van der Waals surface area contributed by atoms with E-state index in [9.17, 15) is 27.6 Å². The minimum atomic E-state index is -4.59. The van der Waals surface area contributed by atoms with Crippen LogP contribution in [0.15, 0.2) is 18.2 Å². The summed E-state index contributed by atoms with van der Waals surface area (Å²) in [5.41, 5.74) is -1.66. The summed E-state index contributed by atoms with van der Waals surface area (Å²) < 4.78 is 45.0. The van der Waals surface area contributed by atoms with Crippen molar-refractivity contribution in [3.05, 3.63) is 28.8 Å². The summed E-state index contributed by atoms with van der Waals surface area (Å²) in [6, 6.07) is 2.36. The Morgan fingerprint density at radius 2 is 2.03 bits per heavy atom. The maximum absolute atomic E-state index is 13.3. The standard InChI is InChI=1S/C20H22F3N3O4S/c1-19(2,3)30-18(29)26-13(9-10-7-8-24-16(10)28)14(27)17-25-12-6-4-5-11(15(12)31-17)20(21,22)23/h4-6,10,13H,7-9H2,1-3H3,(H,24,28)(H,26,29)/t10-,13-/m0/s1. The van der Waals surface area contributed by atoms with E-state index in [4.69, 9.17) is 4.74 Å². The molecule has 1 saturated heterocycles. The van der Waals surface area contributed by atoms with Crippen LogP contribution < -0.4 is 10.6 Å². The molecule has 168 valence electrons. The molecule has 0 bridgehead atoms. The predicted octanol–water partition coefficient (Wildman–Crippen LogP) is 3.92. The second kappa shape index (κ2) is 8.45. The normalized spacial score (nSPS) is 18.0. The molecule has 7 nitrogen and oxygen atoms in total. The first-order chi connectivity index (χ1) is 14.3. The van der Waals surface area contributed by atoms with Gasteiger partial charge in [0.15, 0.2) is 5.01 Å². The molecule has 1 aromatic carbocycles. The number of hydrogen-bond acceptors (Lipinski definition) is 6. The van der Waals surface area contributed by atoms with Gasteiger partial charge >= 0.3 is 12.3 Å². The highest BCUT2D eigenvalue weighted by molar-refractivity contribution is 7.20. The first-order valence-electron chi connectivity index (χ1n) is 9.63. The number of ketones is 1. The second-order valence-corrected chi connectivity index (χ2v) is 9.25. The molecule has 2 N–H and O–H groups in total.